The van der Waals surface area contributed by atoms with Gasteiger partial charge in [-0.25, -0.2) is 4.98 Å². The van der Waals surface area contributed by atoms with Crippen molar-refractivity contribution < 1.29 is 9.21 Å². The molecule has 1 aliphatic rings. The van der Waals surface area contributed by atoms with Gasteiger partial charge < -0.3 is 4.42 Å². The molecule has 0 saturated heterocycles. The molecule has 2 heterocycles. The first-order valence-corrected chi connectivity index (χ1v) is 7.36. The fraction of sp³-hybridized carbons (Fsp3) is 0.267. The van der Waals surface area contributed by atoms with Crippen molar-refractivity contribution in [3.05, 3.63) is 35.0 Å². The molecule has 0 bridgehead atoms. The Morgan fingerprint density at radius 1 is 1.40 bits per heavy atom. The lowest BCUT2D eigenvalue weighted by Crippen LogP contribution is -1.94. The smallest absolute Gasteiger partial charge is 0.182 e. The van der Waals surface area contributed by atoms with Gasteiger partial charge in [-0.05, 0) is 42.4 Å². The number of nitrogens with zero attached hydrogens (tertiary/aromatic N) is 2. The van der Waals surface area contributed by atoms with Crippen molar-refractivity contribution in [2.24, 2.45) is 0 Å². The summed E-state index contributed by atoms with van der Waals surface area (Å²) in [4.78, 5) is 16.8. The number of carbonyl (C=O) groups excluding carboxylic acids is 1. The van der Waals surface area contributed by atoms with E-state index in [1.807, 2.05) is 18.2 Å². The molecule has 1 fully saturated rings. The van der Waals surface area contributed by atoms with Crippen LogP contribution >= 0.6 is 11.5 Å². The molecule has 5 heteroatoms. The summed E-state index contributed by atoms with van der Waals surface area (Å²) in [5.41, 5.74) is 4.50. The number of ketones is 1. The van der Waals surface area contributed by atoms with Gasteiger partial charge in [-0.15, -0.1) is 0 Å². The van der Waals surface area contributed by atoms with E-state index in [1.54, 1.807) is 6.92 Å². The van der Waals surface area contributed by atoms with E-state index in [0.29, 0.717) is 5.92 Å². The molecule has 4 nitrogen and oxygen atoms in total. The molecule has 1 saturated carbocycles. The van der Waals surface area contributed by atoms with Crippen molar-refractivity contribution in [1.29, 1.82) is 0 Å². The number of carbonyl (C=O) groups is 1. The second kappa shape index (κ2) is 4.24. The maximum atomic E-state index is 11.8. The lowest BCUT2D eigenvalue weighted by molar-refractivity contribution is 0.102. The number of Topliss-reactive ketones (excluding diaryl/α,β-unsaturated/α-hetero) is 1. The highest BCUT2D eigenvalue weighted by atomic mass is 32.1. The van der Waals surface area contributed by atoms with Gasteiger partial charge in [0, 0.05) is 18.1 Å². The Hall–Kier alpha value is -2.01. The number of oxazole rings is 1. The zero-order valence-electron chi connectivity index (χ0n) is 10.9. The van der Waals surface area contributed by atoms with Crippen LogP contribution in [0.4, 0.5) is 0 Å². The third kappa shape index (κ3) is 1.70. The lowest BCUT2D eigenvalue weighted by Gasteiger charge is -2.03. The predicted molar refractivity (Wildman–Crippen MR) is 77.1 cm³/mol. The topological polar surface area (TPSA) is 56.0 Å². The number of para-hydroxylation sites is 1. The molecule has 0 atom stereocenters. The molecule has 0 unspecified atom stereocenters. The molecule has 0 N–H and O–H groups in total. The van der Waals surface area contributed by atoms with Crippen molar-refractivity contribution in [3.8, 4) is 11.3 Å². The van der Waals surface area contributed by atoms with Crippen LogP contribution in [0.1, 0.15) is 40.9 Å². The summed E-state index contributed by atoms with van der Waals surface area (Å²) in [6.45, 7) is 1.61. The van der Waals surface area contributed by atoms with Crippen LogP contribution in [0.25, 0.3) is 22.4 Å². The Bertz CT molecular complexity index is 814. The molecule has 1 aromatic carbocycles. The number of fused-ring (bicyclic) bond motifs is 1. The van der Waals surface area contributed by atoms with Crippen LogP contribution in [0, 0.1) is 0 Å². The molecule has 0 radical (unpaired) electrons. The van der Waals surface area contributed by atoms with E-state index in [9.17, 15) is 4.79 Å². The molecule has 2 aromatic heterocycles. The monoisotopic (exact) mass is 284 g/mol. The zero-order valence-corrected chi connectivity index (χ0v) is 11.7. The third-order valence-electron chi connectivity index (χ3n) is 3.65. The van der Waals surface area contributed by atoms with E-state index in [1.165, 1.54) is 17.9 Å². The van der Waals surface area contributed by atoms with E-state index in [2.05, 4.69) is 9.36 Å². The number of hydrogen-bond acceptors (Lipinski definition) is 5. The molecule has 100 valence electrons. The average molecular weight is 284 g/mol. The van der Waals surface area contributed by atoms with Gasteiger partial charge in [-0.3, -0.25) is 4.79 Å². The highest BCUT2D eigenvalue weighted by molar-refractivity contribution is 7.08. The van der Waals surface area contributed by atoms with Gasteiger partial charge in [-0.1, -0.05) is 6.07 Å². The maximum absolute atomic E-state index is 11.8. The fourth-order valence-electron chi connectivity index (χ4n) is 2.57. The zero-order chi connectivity index (χ0) is 13.7. The summed E-state index contributed by atoms with van der Waals surface area (Å²) in [7, 11) is 0. The predicted octanol–water partition coefficient (Wildman–Crippen LogP) is 4.03. The summed E-state index contributed by atoms with van der Waals surface area (Å²) in [5, 5.41) is 0. The molecule has 0 aliphatic heterocycles. The molecule has 4 rings (SSSR count). The van der Waals surface area contributed by atoms with Gasteiger partial charge >= 0.3 is 0 Å². The second-order valence-corrected chi connectivity index (χ2v) is 5.88. The van der Waals surface area contributed by atoms with E-state index >= 15 is 0 Å². The van der Waals surface area contributed by atoms with Crippen LogP contribution in [0.15, 0.2) is 29.0 Å². The summed E-state index contributed by atoms with van der Waals surface area (Å²) in [6, 6.07) is 5.85. The van der Waals surface area contributed by atoms with Crippen molar-refractivity contribution in [2.75, 3.05) is 0 Å². The van der Waals surface area contributed by atoms with Crippen LogP contribution in [0.2, 0.25) is 0 Å². The van der Waals surface area contributed by atoms with Crippen LogP contribution < -0.4 is 0 Å². The minimum absolute atomic E-state index is 0.0976. The summed E-state index contributed by atoms with van der Waals surface area (Å²) in [5.74, 6) is 0.571. The molecule has 3 aromatic rings. The molecule has 1 aliphatic carbocycles. The van der Waals surface area contributed by atoms with E-state index in [-0.39, 0.29) is 5.78 Å². The second-order valence-electron chi connectivity index (χ2n) is 5.11. The van der Waals surface area contributed by atoms with E-state index in [0.717, 1.165) is 45.6 Å². The minimum Gasteiger partial charge on any atom is -0.443 e. The first-order valence-electron chi connectivity index (χ1n) is 6.59. The van der Waals surface area contributed by atoms with Crippen molar-refractivity contribution in [2.45, 2.75) is 25.7 Å². The van der Waals surface area contributed by atoms with Crippen LogP contribution in [-0.2, 0) is 0 Å². The summed E-state index contributed by atoms with van der Waals surface area (Å²) < 4.78 is 10.0. The molecule has 20 heavy (non-hydrogen) atoms. The Morgan fingerprint density at radius 2 is 2.25 bits per heavy atom. The molecular formula is C15H12N2O2S. The average Bonchev–Trinajstić information content (AvgIpc) is 3.01. The van der Waals surface area contributed by atoms with Crippen LogP contribution in [0.5, 0.6) is 0 Å². The van der Waals surface area contributed by atoms with Gasteiger partial charge in [-0.2, -0.15) is 4.37 Å². The standard InChI is InChI=1S/C15H12N2O2S/c1-8(18)15-12(9-5-6-9)13(17-20-15)10-3-2-4-11-14(10)19-7-16-11/h2-4,7,9H,5-6H2,1H3. The highest BCUT2D eigenvalue weighted by Crippen LogP contribution is 2.48. The number of aromatic nitrogens is 2. The number of hydrogen-bond donors (Lipinski definition) is 0. The molecular weight excluding hydrogens is 272 g/mol. The minimum atomic E-state index is 0.0976. The van der Waals surface area contributed by atoms with Crippen LogP contribution in [0.3, 0.4) is 0 Å². The Labute approximate surface area is 119 Å². The van der Waals surface area contributed by atoms with Gasteiger partial charge in [0.05, 0.1) is 10.6 Å². The van der Waals surface area contributed by atoms with Crippen LogP contribution in [-0.4, -0.2) is 15.1 Å². The van der Waals surface area contributed by atoms with Gasteiger partial charge in [0.1, 0.15) is 5.52 Å². The maximum Gasteiger partial charge on any atom is 0.182 e. The Kier molecular flexibility index (Phi) is 2.50. The van der Waals surface area contributed by atoms with Gasteiger partial charge in [0.15, 0.2) is 17.8 Å². The number of rotatable bonds is 3. The first kappa shape index (κ1) is 11.8. The number of benzene rings is 1. The quantitative estimate of drug-likeness (QED) is 0.681. The normalized spacial score (nSPS) is 14.8. The third-order valence-corrected chi connectivity index (χ3v) is 4.61. The molecule has 0 amide bonds. The van der Waals surface area contributed by atoms with Crippen molar-refractivity contribution >= 4 is 28.4 Å². The Balaban J connectivity index is 1.98. The first-order chi connectivity index (χ1) is 9.75. The summed E-state index contributed by atoms with van der Waals surface area (Å²) >= 11 is 1.30. The summed E-state index contributed by atoms with van der Waals surface area (Å²) in [6.07, 6.45) is 3.72. The molecule has 0 spiro atoms. The SMILES string of the molecule is CC(=O)c1snc(-c2cccc3ncoc23)c1C1CC1. The van der Waals surface area contributed by atoms with Gasteiger partial charge in [0.2, 0.25) is 0 Å². The van der Waals surface area contributed by atoms with E-state index in [4.69, 9.17) is 4.42 Å². The Morgan fingerprint density at radius 3 is 3.00 bits per heavy atom. The highest BCUT2D eigenvalue weighted by Gasteiger charge is 2.33. The largest absolute Gasteiger partial charge is 0.443 e. The van der Waals surface area contributed by atoms with Gasteiger partial charge in [0.25, 0.3) is 0 Å². The van der Waals surface area contributed by atoms with Crippen molar-refractivity contribution in [3.63, 3.8) is 0 Å². The van der Waals surface area contributed by atoms with Crippen molar-refractivity contribution in [1.82, 2.24) is 9.36 Å². The van der Waals surface area contributed by atoms with E-state index < -0.39 is 0 Å². The fourth-order valence-corrected chi connectivity index (χ4v) is 3.44. The lowest BCUT2D eigenvalue weighted by atomic mass is 10.0.